The molecule has 0 spiro atoms. The molecule has 1 aromatic heterocycles. The predicted molar refractivity (Wildman–Crippen MR) is 70.4 cm³/mol. The smallest absolute Gasteiger partial charge is 0.366 e. The zero-order valence-electron chi connectivity index (χ0n) is 10.0. The van der Waals surface area contributed by atoms with Crippen molar-refractivity contribution in [3.8, 4) is 11.1 Å². The van der Waals surface area contributed by atoms with E-state index in [9.17, 15) is 18.0 Å². The molecule has 1 aromatic carbocycles. The summed E-state index contributed by atoms with van der Waals surface area (Å²) in [5, 5.41) is 0. The number of rotatable bonds is 2. The maximum absolute atomic E-state index is 12.4. The Morgan fingerprint density at radius 1 is 1.10 bits per heavy atom. The maximum Gasteiger partial charge on any atom is 0.433 e. The van der Waals surface area contributed by atoms with Crippen LogP contribution in [0, 0.1) is 0 Å². The van der Waals surface area contributed by atoms with Gasteiger partial charge in [0.2, 0.25) is 5.91 Å². The summed E-state index contributed by atoms with van der Waals surface area (Å²) >= 11 is 0. The van der Waals surface area contributed by atoms with E-state index in [-0.39, 0.29) is 18.0 Å². The first-order valence-corrected chi connectivity index (χ1v) is 5.32. The second kappa shape index (κ2) is 5.92. The fourth-order valence-electron chi connectivity index (χ4n) is 1.67. The molecule has 0 unspecified atom stereocenters. The number of nitrogens with two attached hydrogens (primary N) is 1. The van der Waals surface area contributed by atoms with Crippen LogP contribution in [0.2, 0.25) is 0 Å². The summed E-state index contributed by atoms with van der Waals surface area (Å²) in [5.41, 5.74) is 5.33. The van der Waals surface area contributed by atoms with Gasteiger partial charge in [-0.3, -0.25) is 9.78 Å². The van der Waals surface area contributed by atoms with E-state index >= 15 is 0 Å². The summed E-state index contributed by atoms with van der Waals surface area (Å²) < 4.78 is 37.2. The van der Waals surface area contributed by atoms with Gasteiger partial charge in [0.05, 0.1) is 0 Å². The fraction of sp³-hybridized carbons (Fsp3) is 0.0769. The number of halogens is 4. The molecule has 7 heteroatoms. The van der Waals surface area contributed by atoms with Gasteiger partial charge < -0.3 is 5.73 Å². The fourth-order valence-corrected chi connectivity index (χ4v) is 1.67. The van der Waals surface area contributed by atoms with E-state index < -0.39 is 17.8 Å². The molecule has 3 nitrogen and oxygen atoms in total. The average Bonchev–Trinajstić information content (AvgIpc) is 2.38. The van der Waals surface area contributed by atoms with E-state index in [4.69, 9.17) is 5.73 Å². The van der Waals surface area contributed by atoms with Gasteiger partial charge in [-0.25, -0.2) is 0 Å². The zero-order chi connectivity index (χ0) is 14.0. The number of hydrogen-bond acceptors (Lipinski definition) is 2. The Kier molecular flexibility index (Phi) is 4.73. The van der Waals surface area contributed by atoms with E-state index in [2.05, 4.69) is 4.98 Å². The molecule has 0 atom stereocenters. The van der Waals surface area contributed by atoms with Gasteiger partial charge in [0.15, 0.2) is 0 Å². The first-order valence-electron chi connectivity index (χ1n) is 5.32. The third-order valence-corrected chi connectivity index (χ3v) is 2.56. The molecule has 2 N–H and O–H groups in total. The number of primary amides is 1. The van der Waals surface area contributed by atoms with Gasteiger partial charge in [-0.1, -0.05) is 24.3 Å². The van der Waals surface area contributed by atoms with Gasteiger partial charge in [0.1, 0.15) is 5.69 Å². The number of hydrogen-bond donors (Lipinski definition) is 1. The largest absolute Gasteiger partial charge is 0.433 e. The number of pyridine rings is 1. The molecule has 0 bridgehead atoms. The normalized spacial score (nSPS) is 10.8. The van der Waals surface area contributed by atoms with E-state index in [1.54, 1.807) is 18.2 Å². The van der Waals surface area contributed by atoms with Gasteiger partial charge >= 0.3 is 6.18 Å². The average molecular weight is 303 g/mol. The topological polar surface area (TPSA) is 56.0 Å². The minimum absolute atomic E-state index is 0. The summed E-state index contributed by atoms with van der Waals surface area (Å²) in [5.74, 6) is -0.643. The summed E-state index contributed by atoms with van der Waals surface area (Å²) in [7, 11) is 0. The number of aromatic nitrogens is 1. The van der Waals surface area contributed by atoms with Crippen molar-refractivity contribution in [3.63, 3.8) is 0 Å². The minimum Gasteiger partial charge on any atom is -0.366 e. The van der Waals surface area contributed by atoms with E-state index in [1.165, 1.54) is 12.1 Å². The highest BCUT2D eigenvalue weighted by Gasteiger charge is 2.32. The van der Waals surface area contributed by atoms with Crippen molar-refractivity contribution in [3.05, 3.63) is 53.9 Å². The van der Waals surface area contributed by atoms with Crippen LogP contribution in [0.4, 0.5) is 13.2 Å². The SMILES string of the molecule is Cl.NC(=O)c1ccccc1-c1ccc(C(F)(F)F)nc1. The lowest BCUT2D eigenvalue weighted by Crippen LogP contribution is -2.12. The van der Waals surface area contributed by atoms with Crippen molar-refractivity contribution in [1.29, 1.82) is 0 Å². The molecule has 1 amide bonds. The minimum atomic E-state index is -4.48. The molecule has 0 radical (unpaired) electrons. The number of amides is 1. The van der Waals surface area contributed by atoms with Crippen molar-refractivity contribution in [1.82, 2.24) is 4.98 Å². The van der Waals surface area contributed by atoms with Gasteiger partial charge in [0, 0.05) is 17.3 Å². The Bertz CT molecular complexity index is 612. The van der Waals surface area contributed by atoms with Gasteiger partial charge in [-0.2, -0.15) is 13.2 Å². The number of nitrogens with zero attached hydrogens (tertiary/aromatic N) is 1. The van der Waals surface area contributed by atoms with Crippen LogP contribution >= 0.6 is 12.4 Å². The standard InChI is InChI=1S/C13H9F3N2O.ClH/c14-13(15,16)11-6-5-8(7-18-11)9-3-1-2-4-10(9)12(17)19;/h1-7H,(H2,17,19);1H. The zero-order valence-corrected chi connectivity index (χ0v) is 10.8. The van der Waals surface area contributed by atoms with E-state index in [0.29, 0.717) is 11.1 Å². The molecular formula is C13H10ClF3N2O. The molecule has 0 saturated carbocycles. The van der Waals surface area contributed by atoms with Crippen molar-refractivity contribution >= 4 is 18.3 Å². The molecule has 0 aliphatic heterocycles. The first-order chi connectivity index (χ1) is 8.89. The lowest BCUT2D eigenvalue weighted by Gasteiger charge is -2.08. The van der Waals surface area contributed by atoms with E-state index in [1.807, 2.05) is 0 Å². The molecule has 1 heterocycles. The molecule has 106 valence electrons. The third-order valence-electron chi connectivity index (χ3n) is 2.56. The molecule has 0 saturated heterocycles. The molecule has 0 aliphatic carbocycles. The summed E-state index contributed by atoms with van der Waals surface area (Å²) in [6, 6.07) is 8.53. The maximum atomic E-state index is 12.4. The molecule has 2 rings (SSSR count). The van der Waals surface area contributed by atoms with Crippen LogP contribution in [0.25, 0.3) is 11.1 Å². The molecule has 2 aromatic rings. The molecular weight excluding hydrogens is 293 g/mol. The monoisotopic (exact) mass is 302 g/mol. The van der Waals surface area contributed by atoms with Crippen LogP contribution in [0.1, 0.15) is 16.1 Å². The number of carbonyl (C=O) groups is 1. The molecule has 0 aliphatic rings. The third kappa shape index (κ3) is 3.27. The molecule has 0 fully saturated rings. The van der Waals surface area contributed by atoms with Gasteiger partial charge in [-0.15, -0.1) is 12.4 Å². The first kappa shape index (κ1) is 16.0. The lowest BCUT2D eigenvalue weighted by atomic mass is 10.0. The highest BCUT2D eigenvalue weighted by molar-refractivity contribution is 5.99. The Morgan fingerprint density at radius 3 is 2.25 bits per heavy atom. The number of benzene rings is 1. The van der Waals surface area contributed by atoms with Crippen LogP contribution in [0.3, 0.4) is 0 Å². The second-order valence-corrected chi connectivity index (χ2v) is 3.84. The number of alkyl halides is 3. The van der Waals surface area contributed by atoms with Gasteiger partial charge in [-0.05, 0) is 17.7 Å². The lowest BCUT2D eigenvalue weighted by molar-refractivity contribution is -0.141. The van der Waals surface area contributed by atoms with Crippen LogP contribution in [-0.4, -0.2) is 10.9 Å². The van der Waals surface area contributed by atoms with Gasteiger partial charge in [0.25, 0.3) is 0 Å². The van der Waals surface area contributed by atoms with Crippen LogP contribution in [0.15, 0.2) is 42.6 Å². The summed E-state index contributed by atoms with van der Waals surface area (Å²) in [6.45, 7) is 0. The second-order valence-electron chi connectivity index (χ2n) is 3.84. The van der Waals surface area contributed by atoms with Crippen molar-refractivity contribution in [2.24, 2.45) is 5.73 Å². The summed E-state index contributed by atoms with van der Waals surface area (Å²) in [6.07, 6.45) is -3.41. The quantitative estimate of drug-likeness (QED) is 0.925. The Hall–Kier alpha value is -2.08. The Balaban J connectivity index is 0.00000200. The Morgan fingerprint density at radius 2 is 1.75 bits per heavy atom. The van der Waals surface area contributed by atoms with E-state index in [0.717, 1.165) is 12.3 Å². The predicted octanol–water partition coefficient (Wildman–Crippen LogP) is 3.29. The summed E-state index contributed by atoms with van der Waals surface area (Å²) in [4.78, 5) is 14.6. The van der Waals surface area contributed by atoms with Crippen molar-refractivity contribution in [2.45, 2.75) is 6.18 Å². The Labute approximate surface area is 119 Å². The van der Waals surface area contributed by atoms with Crippen LogP contribution in [0.5, 0.6) is 0 Å². The highest BCUT2D eigenvalue weighted by Crippen LogP contribution is 2.29. The van der Waals surface area contributed by atoms with Crippen LogP contribution in [-0.2, 0) is 6.18 Å². The van der Waals surface area contributed by atoms with Crippen LogP contribution < -0.4 is 5.73 Å². The highest BCUT2D eigenvalue weighted by atomic mass is 35.5. The molecule has 20 heavy (non-hydrogen) atoms. The number of carbonyl (C=O) groups excluding carboxylic acids is 1. The van der Waals surface area contributed by atoms with Crippen molar-refractivity contribution < 1.29 is 18.0 Å². The van der Waals surface area contributed by atoms with Crippen molar-refractivity contribution in [2.75, 3.05) is 0 Å².